The second kappa shape index (κ2) is 8.98. The third kappa shape index (κ3) is 3.83. The number of aromatic nitrogens is 1. The van der Waals surface area contributed by atoms with E-state index >= 15 is 0 Å². The van der Waals surface area contributed by atoms with Crippen LogP contribution in [0.1, 0.15) is 24.0 Å². The highest BCUT2D eigenvalue weighted by molar-refractivity contribution is 5.89. The lowest BCUT2D eigenvalue weighted by atomic mass is 9.95. The molecule has 160 valence electrons. The van der Waals surface area contributed by atoms with Crippen molar-refractivity contribution in [3.8, 4) is 22.6 Å². The van der Waals surface area contributed by atoms with Crippen LogP contribution in [0.25, 0.3) is 22.0 Å². The van der Waals surface area contributed by atoms with Gasteiger partial charge in [-0.25, -0.2) is 0 Å². The second-order valence-electron chi connectivity index (χ2n) is 7.53. The molecule has 0 aliphatic carbocycles. The van der Waals surface area contributed by atoms with Gasteiger partial charge in [-0.05, 0) is 41.8 Å². The Morgan fingerprint density at radius 3 is 2.67 bits per heavy atom. The van der Waals surface area contributed by atoms with Gasteiger partial charge in [-0.3, -0.25) is 4.98 Å². The first-order chi connectivity index (χ1) is 13.7. The standard InChI is InChI=1S/C23H24N2O3.2ClH/c1-15-19(6-5-16-4-3-9-25-21(15)16)17-12-18-14-27-23(7-10-24-11-8-23)28-22(18)20(13-17)26-2;;/h3-6,9,12-13,24H,7-8,10-11,14H2,1-2H3;2*1H. The fraction of sp³-hybridized carbons (Fsp3) is 0.348. The number of nitrogens with zero attached hydrogens (tertiary/aromatic N) is 1. The molecule has 5 nitrogen and oxygen atoms in total. The zero-order valence-corrected chi connectivity index (χ0v) is 18.7. The summed E-state index contributed by atoms with van der Waals surface area (Å²) >= 11 is 0. The largest absolute Gasteiger partial charge is 0.493 e. The van der Waals surface area contributed by atoms with Gasteiger partial charge in [0.15, 0.2) is 11.5 Å². The molecule has 1 N–H and O–H groups in total. The van der Waals surface area contributed by atoms with Crippen molar-refractivity contribution in [3.05, 3.63) is 53.7 Å². The van der Waals surface area contributed by atoms with E-state index in [1.807, 2.05) is 12.3 Å². The molecule has 7 heteroatoms. The molecule has 2 aliphatic rings. The highest BCUT2D eigenvalue weighted by Gasteiger charge is 2.40. The summed E-state index contributed by atoms with van der Waals surface area (Å²) in [5.74, 6) is 1.04. The Kier molecular flexibility index (Phi) is 6.78. The number of pyridine rings is 1. The van der Waals surface area contributed by atoms with Gasteiger partial charge in [-0.2, -0.15) is 0 Å². The van der Waals surface area contributed by atoms with Crippen molar-refractivity contribution in [1.82, 2.24) is 10.3 Å². The average Bonchev–Trinajstić information content (AvgIpc) is 2.74. The Bertz CT molecular complexity index is 1030. The Hall–Kier alpha value is -2.05. The molecule has 0 radical (unpaired) electrons. The summed E-state index contributed by atoms with van der Waals surface area (Å²) in [6.45, 7) is 4.45. The van der Waals surface area contributed by atoms with Gasteiger partial charge < -0.3 is 19.5 Å². The molecule has 3 heterocycles. The number of ether oxygens (including phenoxy) is 3. The molecule has 0 unspecified atom stereocenters. The van der Waals surface area contributed by atoms with Crippen LogP contribution in [-0.2, 0) is 11.3 Å². The molecule has 0 saturated carbocycles. The Morgan fingerprint density at radius 2 is 1.90 bits per heavy atom. The number of methoxy groups -OCH3 is 1. The zero-order valence-electron chi connectivity index (χ0n) is 17.1. The molecule has 0 bridgehead atoms. The van der Waals surface area contributed by atoms with Crippen molar-refractivity contribution in [1.29, 1.82) is 0 Å². The number of hydrogen-bond acceptors (Lipinski definition) is 5. The van der Waals surface area contributed by atoms with Gasteiger partial charge in [-0.15, -0.1) is 24.8 Å². The van der Waals surface area contributed by atoms with Crippen molar-refractivity contribution in [2.75, 3.05) is 20.2 Å². The highest BCUT2D eigenvalue weighted by Crippen LogP contribution is 2.45. The Morgan fingerprint density at radius 1 is 1.10 bits per heavy atom. The first-order valence-corrected chi connectivity index (χ1v) is 9.78. The number of fused-ring (bicyclic) bond motifs is 2. The maximum atomic E-state index is 6.37. The van der Waals surface area contributed by atoms with Crippen molar-refractivity contribution in [2.45, 2.75) is 32.2 Å². The molecular weight excluding hydrogens is 423 g/mol. The molecule has 1 saturated heterocycles. The van der Waals surface area contributed by atoms with E-state index in [9.17, 15) is 0 Å². The maximum Gasteiger partial charge on any atom is 0.213 e. The van der Waals surface area contributed by atoms with Gasteiger partial charge in [0, 0.05) is 43.1 Å². The molecule has 5 rings (SSSR count). The summed E-state index contributed by atoms with van der Waals surface area (Å²) in [7, 11) is 1.70. The number of hydrogen-bond donors (Lipinski definition) is 1. The van der Waals surface area contributed by atoms with E-state index < -0.39 is 5.79 Å². The predicted molar refractivity (Wildman–Crippen MR) is 123 cm³/mol. The van der Waals surface area contributed by atoms with E-state index in [0.717, 1.165) is 70.6 Å². The number of benzene rings is 2. The topological polar surface area (TPSA) is 52.6 Å². The van der Waals surface area contributed by atoms with Crippen LogP contribution in [0.5, 0.6) is 11.5 Å². The molecule has 1 spiro atoms. The second-order valence-corrected chi connectivity index (χ2v) is 7.53. The normalized spacial score (nSPS) is 16.7. The average molecular weight is 449 g/mol. The predicted octanol–water partition coefficient (Wildman–Crippen LogP) is 5.05. The van der Waals surface area contributed by atoms with Crippen molar-refractivity contribution < 1.29 is 14.2 Å². The van der Waals surface area contributed by atoms with Crippen molar-refractivity contribution in [3.63, 3.8) is 0 Å². The fourth-order valence-electron chi connectivity index (χ4n) is 4.27. The van der Waals surface area contributed by atoms with E-state index in [2.05, 4.69) is 47.6 Å². The summed E-state index contributed by atoms with van der Waals surface area (Å²) in [5, 5.41) is 4.51. The smallest absolute Gasteiger partial charge is 0.213 e. The monoisotopic (exact) mass is 448 g/mol. The van der Waals surface area contributed by atoms with Crippen LogP contribution in [0, 0.1) is 6.92 Å². The molecule has 2 aromatic carbocycles. The van der Waals surface area contributed by atoms with Gasteiger partial charge in [0.2, 0.25) is 5.79 Å². The molecule has 1 fully saturated rings. The van der Waals surface area contributed by atoms with E-state index in [4.69, 9.17) is 14.2 Å². The van der Waals surface area contributed by atoms with Crippen molar-refractivity contribution in [2.24, 2.45) is 0 Å². The Labute approximate surface area is 188 Å². The SMILES string of the molecule is COc1cc(-c2ccc3cccnc3c2C)cc2c1OC1(CCNCC1)OC2.Cl.Cl. The third-order valence-corrected chi connectivity index (χ3v) is 5.83. The first kappa shape index (κ1) is 22.6. The quantitative estimate of drug-likeness (QED) is 0.594. The van der Waals surface area contributed by atoms with Crippen LogP contribution in [0.15, 0.2) is 42.6 Å². The van der Waals surface area contributed by atoms with Crippen LogP contribution in [0.4, 0.5) is 0 Å². The number of aryl methyl sites for hydroxylation is 1. The summed E-state index contributed by atoms with van der Waals surface area (Å²) < 4.78 is 18.3. The van der Waals surface area contributed by atoms with Crippen LogP contribution < -0.4 is 14.8 Å². The highest BCUT2D eigenvalue weighted by atomic mass is 35.5. The molecule has 2 aliphatic heterocycles. The van der Waals surface area contributed by atoms with Gasteiger partial charge in [0.1, 0.15) is 0 Å². The molecular formula is C23H26Cl2N2O3. The zero-order chi connectivity index (χ0) is 19.1. The summed E-state index contributed by atoms with van der Waals surface area (Å²) in [4.78, 5) is 4.57. The van der Waals surface area contributed by atoms with Crippen LogP contribution >= 0.6 is 24.8 Å². The van der Waals surface area contributed by atoms with Gasteiger partial charge >= 0.3 is 0 Å². The molecule has 3 aromatic rings. The lowest BCUT2D eigenvalue weighted by Crippen LogP contribution is -2.50. The first-order valence-electron chi connectivity index (χ1n) is 9.78. The number of halogens is 2. The maximum absolute atomic E-state index is 6.37. The lowest BCUT2D eigenvalue weighted by Gasteiger charge is -2.41. The minimum Gasteiger partial charge on any atom is -0.493 e. The summed E-state index contributed by atoms with van der Waals surface area (Å²) in [6.07, 6.45) is 3.52. The third-order valence-electron chi connectivity index (χ3n) is 5.83. The van der Waals surface area contributed by atoms with Crippen molar-refractivity contribution >= 4 is 35.7 Å². The summed E-state index contributed by atoms with van der Waals surface area (Å²) in [6, 6.07) is 12.5. The Balaban J connectivity index is 0.00000128. The molecule has 0 atom stereocenters. The lowest BCUT2D eigenvalue weighted by molar-refractivity contribution is -0.219. The number of rotatable bonds is 2. The van der Waals surface area contributed by atoms with Crippen LogP contribution in [-0.4, -0.2) is 31.0 Å². The molecule has 1 aromatic heterocycles. The van der Waals surface area contributed by atoms with Crippen LogP contribution in [0.3, 0.4) is 0 Å². The minimum atomic E-state index is -0.532. The van der Waals surface area contributed by atoms with E-state index in [0.29, 0.717) is 6.61 Å². The van der Waals surface area contributed by atoms with E-state index in [1.54, 1.807) is 7.11 Å². The molecule has 30 heavy (non-hydrogen) atoms. The van der Waals surface area contributed by atoms with Gasteiger partial charge in [-0.1, -0.05) is 18.2 Å². The number of piperidine rings is 1. The fourth-order valence-corrected chi connectivity index (χ4v) is 4.27. The van der Waals surface area contributed by atoms with Crippen LogP contribution in [0.2, 0.25) is 0 Å². The number of nitrogens with one attached hydrogen (secondary N) is 1. The van der Waals surface area contributed by atoms with Gasteiger partial charge in [0.05, 0.1) is 19.2 Å². The summed E-state index contributed by atoms with van der Waals surface area (Å²) in [5.41, 5.74) is 5.45. The van der Waals surface area contributed by atoms with E-state index in [1.165, 1.54) is 0 Å². The minimum absolute atomic E-state index is 0. The van der Waals surface area contributed by atoms with E-state index in [-0.39, 0.29) is 24.8 Å². The molecule has 0 amide bonds. The van der Waals surface area contributed by atoms with Gasteiger partial charge in [0.25, 0.3) is 0 Å².